The van der Waals surface area contributed by atoms with Crippen LogP contribution in [0.25, 0.3) is 0 Å². The summed E-state index contributed by atoms with van der Waals surface area (Å²) in [7, 11) is 0. The van der Waals surface area contributed by atoms with Crippen LogP contribution in [0.15, 0.2) is 36.4 Å². The van der Waals surface area contributed by atoms with Gasteiger partial charge in [0.1, 0.15) is 6.61 Å². The second kappa shape index (κ2) is 11.9. The fourth-order valence-corrected chi connectivity index (χ4v) is 3.09. The van der Waals surface area contributed by atoms with Gasteiger partial charge in [-0.15, -0.1) is 0 Å². The fraction of sp³-hybridized carbons (Fsp3) is 0.478. The van der Waals surface area contributed by atoms with E-state index in [1.165, 1.54) is 5.56 Å². The topological polar surface area (TPSA) is 39.7 Å². The number of nitrogens with one attached hydrogen (secondary N) is 1. The molecule has 5 heteroatoms. The van der Waals surface area contributed by atoms with Gasteiger partial charge in [-0.25, -0.2) is 0 Å². The zero-order chi connectivity index (χ0) is 20.4. The Labute approximate surface area is 174 Å². The van der Waals surface area contributed by atoms with E-state index in [1.807, 2.05) is 45.0 Å². The third-order valence-electron chi connectivity index (χ3n) is 4.28. The predicted molar refractivity (Wildman–Crippen MR) is 116 cm³/mol. The molecule has 0 unspecified atom stereocenters. The summed E-state index contributed by atoms with van der Waals surface area (Å²) in [4.78, 5) is 0. The van der Waals surface area contributed by atoms with Crippen LogP contribution in [-0.4, -0.2) is 25.9 Å². The third kappa shape index (κ3) is 7.34. The van der Waals surface area contributed by atoms with Crippen molar-refractivity contribution in [3.8, 4) is 11.5 Å². The zero-order valence-electron chi connectivity index (χ0n) is 17.4. The Balaban J connectivity index is 1.97. The maximum Gasteiger partial charge on any atom is 0.180 e. The number of rotatable bonds is 12. The van der Waals surface area contributed by atoms with E-state index in [0.717, 1.165) is 37.2 Å². The van der Waals surface area contributed by atoms with Crippen LogP contribution in [0.4, 0.5) is 0 Å². The Morgan fingerprint density at radius 1 is 1.11 bits per heavy atom. The van der Waals surface area contributed by atoms with Crippen LogP contribution < -0.4 is 14.8 Å². The first-order valence-corrected chi connectivity index (χ1v) is 10.3. The second-order valence-electron chi connectivity index (χ2n) is 7.00. The van der Waals surface area contributed by atoms with Gasteiger partial charge in [-0.05, 0) is 69.5 Å². The normalized spacial score (nSPS) is 11.1. The van der Waals surface area contributed by atoms with E-state index in [0.29, 0.717) is 29.7 Å². The standard InChI is InChI=1S/C23H32ClNO3/c1-5-26-22-14-19(15-25-11-8-12-27-17(2)3)13-21(24)23(22)28-16-20-10-7-6-9-18(20)4/h6-7,9-10,13-14,17,25H,5,8,11-12,15-16H2,1-4H3. The van der Waals surface area contributed by atoms with Gasteiger partial charge in [-0.2, -0.15) is 0 Å². The van der Waals surface area contributed by atoms with Crippen LogP contribution in [0.5, 0.6) is 11.5 Å². The summed E-state index contributed by atoms with van der Waals surface area (Å²) < 4.78 is 17.4. The first kappa shape index (κ1) is 22.5. The largest absolute Gasteiger partial charge is 0.490 e. The number of benzene rings is 2. The highest BCUT2D eigenvalue weighted by molar-refractivity contribution is 6.32. The van der Waals surface area contributed by atoms with Gasteiger partial charge < -0.3 is 19.5 Å². The molecule has 0 spiro atoms. The lowest BCUT2D eigenvalue weighted by Crippen LogP contribution is -2.17. The lowest BCUT2D eigenvalue weighted by atomic mass is 10.1. The molecule has 0 fully saturated rings. The Kier molecular flexibility index (Phi) is 9.62. The zero-order valence-corrected chi connectivity index (χ0v) is 18.1. The number of halogens is 1. The molecule has 0 radical (unpaired) electrons. The monoisotopic (exact) mass is 405 g/mol. The predicted octanol–water partition coefficient (Wildman–Crippen LogP) is 5.53. The quantitative estimate of drug-likeness (QED) is 0.471. The maximum absolute atomic E-state index is 6.52. The molecule has 4 nitrogen and oxygen atoms in total. The lowest BCUT2D eigenvalue weighted by molar-refractivity contribution is 0.0770. The van der Waals surface area contributed by atoms with Crippen molar-refractivity contribution >= 4 is 11.6 Å². The minimum Gasteiger partial charge on any atom is -0.490 e. The summed E-state index contributed by atoms with van der Waals surface area (Å²) in [6.07, 6.45) is 1.25. The van der Waals surface area contributed by atoms with Crippen molar-refractivity contribution in [2.45, 2.75) is 53.4 Å². The molecule has 2 aromatic rings. The highest BCUT2D eigenvalue weighted by atomic mass is 35.5. The highest BCUT2D eigenvalue weighted by Crippen LogP contribution is 2.37. The van der Waals surface area contributed by atoms with Gasteiger partial charge in [0.2, 0.25) is 0 Å². The van der Waals surface area contributed by atoms with Gasteiger partial charge in [0.05, 0.1) is 17.7 Å². The molecule has 1 N–H and O–H groups in total. The number of hydrogen-bond donors (Lipinski definition) is 1. The van der Waals surface area contributed by atoms with Crippen molar-refractivity contribution in [1.82, 2.24) is 5.32 Å². The van der Waals surface area contributed by atoms with E-state index < -0.39 is 0 Å². The molecule has 2 rings (SSSR count). The molecular formula is C23H32ClNO3. The van der Waals surface area contributed by atoms with E-state index in [1.54, 1.807) is 0 Å². The van der Waals surface area contributed by atoms with E-state index in [-0.39, 0.29) is 6.10 Å². The van der Waals surface area contributed by atoms with Crippen molar-refractivity contribution in [2.24, 2.45) is 0 Å². The smallest absolute Gasteiger partial charge is 0.180 e. The van der Waals surface area contributed by atoms with Gasteiger partial charge in [0.15, 0.2) is 11.5 Å². The SMILES string of the molecule is CCOc1cc(CNCCCOC(C)C)cc(Cl)c1OCc1ccccc1C. The summed E-state index contributed by atoms with van der Waals surface area (Å²) in [6.45, 7) is 11.5. The molecule has 28 heavy (non-hydrogen) atoms. The van der Waals surface area contributed by atoms with Gasteiger partial charge in [-0.3, -0.25) is 0 Å². The van der Waals surface area contributed by atoms with Gasteiger partial charge >= 0.3 is 0 Å². The average Bonchev–Trinajstić information content (AvgIpc) is 2.65. The summed E-state index contributed by atoms with van der Waals surface area (Å²) in [5.41, 5.74) is 3.40. The number of ether oxygens (including phenoxy) is 3. The van der Waals surface area contributed by atoms with Gasteiger partial charge in [-0.1, -0.05) is 35.9 Å². The molecule has 2 aromatic carbocycles. The summed E-state index contributed by atoms with van der Waals surface area (Å²) in [5.74, 6) is 1.28. The van der Waals surface area contributed by atoms with Crippen LogP contribution in [0.2, 0.25) is 5.02 Å². The van der Waals surface area contributed by atoms with Gasteiger partial charge in [0, 0.05) is 13.2 Å². The van der Waals surface area contributed by atoms with E-state index in [2.05, 4.69) is 24.4 Å². The summed E-state index contributed by atoms with van der Waals surface area (Å²) in [5, 5.41) is 3.99. The Hall–Kier alpha value is -1.75. The van der Waals surface area contributed by atoms with Crippen LogP contribution in [0.1, 0.15) is 43.9 Å². The molecule has 0 aliphatic rings. The third-order valence-corrected chi connectivity index (χ3v) is 4.56. The maximum atomic E-state index is 6.52. The van der Waals surface area contributed by atoms with Crippen molar-refractivity contribution in [2.75, 3.05) is 19.8 Å². The second-order valence-corrected chi connectivity index (χ2v) is 7.41. The van der Waals surface area contributed by atoms with Crippen molar-refractivity contribution in [3.63, 3.8) is 0 Å². The van der Waals surface area contributed by atoms with Crippen LogP contribution in [-0.2, 0) is 17.9 Å². The van der Waals surface area contributed by atoms with Gasteiger partial charge in [0.25, 0.3) is 0 Å². The van der Waals surface area contributed by atoms with Crippen LogP contribution in [0.3, 0.4) is 0 Å². The Morgan fingerprint density at radius 3 is 2.61 bits per heavy atom. The number of aryl methyl sites for hydroxylation is 1. The molecule has 0 aromatic heterocycles. The molecule has 0 saturated carbocycles. The molecule has 0 saturated heterocycles. The van der Waals surface area contributed by atoms with Crippen LogP contribution >= 0.6 is 11.6 Å². The van der Waals surface area contributed by atoms with E-state index in [9.17, 15) is 0 Å². The Morgan fingerprint density at radius 2 is 1.89 bits per heavy atom. The highest BCUT2D eigenvalue weighted by Gasteiger charge is 2.13. The molecular weight excluding hydrogens is 374 g/mol. The van der Waals surface area contributed by atoms with E-state index >= 15 is 0 Å². The molecule has 0 atom stereocenters. The minimum atomic E-state index is 0.278. The van der Waals surface area contributed by atoms with Crippen LogP contribution in [0, 0.1) is 6.92 Å². The molecule has 0 aliphatic heterocycles. The van der Waals surface area contributed by atoms with Crippen molar-refractivity contribution in [1.29, 1.82) is 0 Å². The summed E-state index contributed by atoms with van der Waals surface area (Å²) >= 11 is 6.52. The molecule has 154 valence electrons. The van der Waals surface area contributed by atoms with Crippen molar-refractivity contribution in [3.05, 3.63) is 58.1 Å². The fourth-order valence-electron chi connectivity index (χ4n) is 2.80. The minimum absolute atomic E-state index is 0.278. The Bertz CT molecular complexity index is 734. The molecule has 0 bridgehead atoms. The lowest BCUT2D eigenvalue weighted by Gasteiger charge is -2.16. The average molecular weight is 406 g/mol. The molecule has 0 heterocycles. The number of hydrogen-bond acceptors (Lipinski definition) is 4. The van der Waals surface area contributed by atoms with Crippen molar-refractivity contribution < 1.29 is 14.2 Å². The first-order valence-electron chi connectivity index (χ1n) is 9.96. The summed E-state index contributed by atoms with van der Waals surface area (Å²) in [6, 6.07) is 12.1. The molecule has 0 aliphatic carbocycles. The first-order chi connectivity index (χ1) is 13.5. The van der Waals surface area contributed by atoms with E-state index in [4.69, 9.17) is 25.8 Å². The molecule has 0 amide bonds.